The molecular formula is C20H25N5O2. The number of hydrogen-bond acceptors (Lipinski definition) is 4. The highest BCUT2D eigenvalue weighted by molar-refractivity contribution is 5.94. The maximum atomic E-state index is 12.6. The van der Waals surface area contributed by atoms with E-state index in [1.54, 1.807) is 19.0 Å². The Bertz CT molecular complexity index is 837. The molecule has 1 aromatic heterocycles. The van der Waals surface area contributed by atoms with Gasteiger partial charge in [0.15, 0.2) is 0 Å². The van der Waals surface area contributed by atoms with Gasteiger partial charge >= 0.3 is 0 Å². The monoisotopic (exact) mass is 367 g/mol. The summed E-state index contributed by atoms with van der Waals surface area (Å²) in [5.41, 5.74) is 0.732. The van der Waals surface area contributed by atoms with Crippen molar-refractivity contribution in [2.45, 2.75) is 37.6 Å². The first kappa shape index (κ1) is 17.7. The second-order valence-corrected chi connectivity index (χ2v) is 7.56. The van der Waals surface area contributed by atoms with E-state index in [1.807, 2.05) is 35.2 Å². The summed E-state index contributed by atoms with van der Waals surface area (Å²) >= 11 is 0. The molecule has 2 aromatic rings. The molecule has 0 spiro atoms. The van der Waals surface area contributed by atoms with Crippen molar-refractivity contribution in [3.8, 4) is 0 Å². The van der Waals surface area contributed by atoms with Crippen molar-refractivity contribution < 1.29 is 9.59 Å². The molecule has 4 rings (SSSR count). The van der Waals surface area contributed by atoms with Crippen LogP contribution >= 0.6 is 0 Å². The molecule has 1 fully saturated rings. The first-order valence-corrected chi connectivity index (χ1v) is 9.55. The Kier molecular flexibility index (Phi) is 4.68. The van der Waals surface area contributed by atoms with Crippen LogP contribution in [0.2, 0.25) is 0 Å². The molecule has 0 radical (unpaired) electrons. The molecule has 2 aliphatic heterocycles. The average Bonchev–Trinajstić information content (AvgIpc) is 3.30. The van der Waals surface area contributed by atoms with Gasteiger partial charge in [0, 0.05) is 45.1 Å². The van der Waals surface area contributed by atoms with Crippen LogP contribution in [0.3, 0.4) is 0 Å². The lowest BCUT2D eigenvalue weighted by molar-refractivity contribution is -0.132. The first-order chi connectivity index (χ1) is 13.1. The third kappa shape index (κ3) is 3.22. The predicted octanol–water partition coefficient (Wildman–Crippen LogP) is 1.87. The first-order valence-electron chi connectivity index (χ1n) is 9.55. The van der Waals surface area contributed by atoms with E-state index in [0.29, 0.717) is 13.1 Å². The van der Waals surface area contributed by atoms with E-state index >= 15 is 0 Å². The zero-order valence-corrected chi connectivity index (χ0v) is 15.8. The summed E-state index contributed by atoms with van der Waals surface area (Å²) in [7, 11) is 3.58. The van der Waals surface area contributed by atoms with Crippen LogP contribution in [0.4, 0.5) is 0 Å². The van der Waals surface area contributed by atoms with Crippen molar-refractivity contribution in [3.05, 3.63) is 47.5 Å². The van der Waals surface area contributed by atoms with Gasteiger partial charge in [-0.3, -0.25) is 9.59 Å². The highest BCUT2D eigenvalue weighted by Crippen LogP contribution is 2.34. The molecule has 3 heterocycles. The van der Waals surface area contributed by atoms with E-state index in [9.17, 15) is 9.59 Å². The summed E-state index contributed by atoms with van der Waals surface area (Å²) in [5, 5.41) is 8.75. The number of likely N-dealkylation sites (tertiary alicyclic amines) is 1. The number of fused-ring (bicyclic) bond motifs is 1. The smallest absolute Gasteiger partial charge is 0.253 e. The minimum absolute atomic E-state index is 0.0844. The third-order valence-corrected chi connectivity index (χ3v) is 5.64. The van der Waals surface area contributed by atoms with Crippen molar-refractivity contribution in [1.82, 2.24) is 24.6 Å². The number of hydrogen-bond donors (Lipinski definition) is 0. The summed E-state index contributed by atoms with van der Waals surface area (Å²) < 4.78 is 2.06. The molecule has 1 atom stereocenters. The van der Waals surface area contributed by atoms with E-state index in [2.05, 4.69) is 14.8 Å². The van der Waals surface area contributed by atoms with Gasteiger partial charge in [-0.1, -0.05) is 18.2 Å². The number of likely N-dealkylation sites (N-methyl/N-ethyl adjacent to an activating group) is 1. The van der Waals surface area contributed by atoms with Crippen molar-refractivity contribution in [2.24, 2.45) is 0 Å². The Morgan fingerprint density at radius 2 is 1.74 bits per heavy atom. The molecule has 7 nitrogen and oxygen atoms in total. The van der Waals surface area contributed by atoms with E-state index < -0.39 is 0 Å². The third-order valence-electron chi connectivity index (χ3n) is 5.64. The normalized spacial score (nSPS) is 19.8. The van der Waals surface area contributed by atoms with Gasteiger partial charge < -0.3 is 14.4 Å². The molecule has 2 aliphatic rings. The maximum absolute atomic E-state index is 12.6. The summed E-state index contributed by atoms with van der Waals surface area (Å²) in [6, 6.07) is 9.22. The van der Waals surface area contributed by atoms with Gasteiger partial charge in [0.1, 0.15) is 17.7 Å². The maximum Gasteiger partial charge on any atom is 0.253 e. The van der Waals surface area contributed by atoms with Gasteiger partial charge in [-0.15, -0.1) is 10.2 Å². The molecule has 1 saturated heterocycles. The van der Waals surface area contributed by atoms with Gasteiger partial charge in [-0.2, -0.15) is 0 Å². The van der Waals surface area contributed by atoms with E-state index in [1.165, 1.54) is 0 Å². The molecule has 0 saturated carbocycles. The van der Waals surface area contributed by atoms with Crippen molar-refractivity contribution in [2.75, 3.05) is 27.2 Å². The van der Waals surface area contributed by atoms with Gasteiger partial charge in [0.05, 0.1) is 0 Å². The Hall–Kier alpha value is -2.70. The SMILES string of the molecule is CN(C)C(=O)C1CCc2nnc(C3CCN(C(=O)c4ccccc4)CC3)n21. The molecular weight excluding hydrogens is 342 g/mol. The largest absolute Gasteiger partial charge is 0.347 e. The van der Waals surface area contributed by atoms with Gasteiger partial charge in [-0.05, 0) is 31.4 Å². The standard InChI is InChI=1S/C20H25N5O2/c1-23(2)20(27)16-8-9-17-21-22-18(25(16)17)14-10-12-24(13-11-14)19(26)15-6-4-3-5-7-15/h3-7,14,16H,8-13H2,1-2H3. The molecule has 142 valence electrons. The fourth-order valence-electron chi connectivity index (χ4n) is 4.16. The zero-order chi connectivity index (χ0) is 19.0. The van der Waals surface area contributed by atoms with Gasteiger partial charge in [0.25, 0.3) is 5.91 Å². The van der Waals surface area contributed by atoms with Crippen LogP contribution in [0.5, 0.6) is 0 Å². The Morgan fingerprint density at radius 3 is 2.41 bits per heavy atom. The minimum Gasteiger partial charge on any atom is -0.347 e. The van der Waals surface area contributed by atoms with E-state index in [0.717, 1.165) is 42.9 Å². The average molecular weight is 367 g/mol. The van der Waals surface area contributed by atoms with Gasteiger partial charge in [-0.25, -0.2) is 0 Å². The Balaban J connectivity index is 1.47. The molecule has 0 N–H and O–H groups in total. The Labute approximate surface area is 159 Å². The predicted molar refractivity (Wildman–Crippen MR) is 100 cm³/mol. The van der Waals surface area contributed by atoms with Crippen LogP contribution in [-0.4, -0.2) is 63.6 Å². The number of nitrogens with zero attached hydrogens (tertiary/aromatic N) is 5. The van der Waals surface area contributed by atoms with Crippen molar-refractivity contribution in [1.29, 1.82) is 0 Å². The van der Waals surface area contributed by atoms with Crippen molar-refractivity contribution >= 4 is 11.8 Å². The summed E-state index contributed by atoms with van der Waals surface area (Å²) in [5.74, 6) is 2.25. The highest BCUT2D eigenvalue weighted by atomic mass is 16.2. The minimum atomic E-state index is -0.191. The molecule has 27 heavy (non-hydrogen) atoms. The number of piperidine rings is 1. The summed E-state index contributed by atoms with van der Waals surface area (Å²) in [4.78, 5) is 28.7. The fraction of sp³-hybridized carbons (Fsp3) is 0.500. The van der Waals surface area contributed by atoms with Gasteiger partial charge in [0.2, 0.25) is 5.91 Å². The molecule has 1 unspecified atom stereocenters. The fourth-order valence-corrected chi connectivity index (χ4v) is 4.16. The number of benzene rings is 1. The van der Waals surface area contributed by atoms with Crippen LogP contribution in [0.25, 0.3) is 0 Å². The Morgan fingerprint density at radius 1 is 1.04 bits per heavy atom. The highest BCUT2D eigenvalue weighted by Gasteiger charge is 2.36. The number of aryl methyl sites for hydroxylation is 1. The van der Waals surface area contributed by atoms with E-state index in [4.69, 9.17) is 0 Å². The molecule has 2 amide bonds. The molecule has 0 bridgehead atoms. The number of amides is 2. The topological polar surface area (TPSA) is 71.3 Å². The lowest BCUT2D eigenvalue weighted by Gasteiger charge is -2.32. The summed E-state index contributed by atoms with van der Waals surface area (Å²) in [6.45, 7) is 1.40. The summed E-state index contributed by atoms with van der Waals surface area (Å²) in [6.07, 6.45) is 3.28. The van der Waals surface area contributed by atoms with Crippen LogP contribution < -0.4 is 0 Å². The second kappa shape index (κ2) is 7.13. The van der Waals surface area contributed by atoms with Crippen molar-refractivity contribution in [3.63, 3.8) is 0 Å². The second-order valence-electron chi connectivity index (χ2n) is 7.56. The quantitative estimate of drug-likeness (QED) is 0.830. The lowest BCUT2D eigenvalue weighted by Crippen LogP contribution is -2.39. The number of rotatable bonds is 3. The van der Waals surface area contributed by atoms with Crippen LogP contribution in [0, 0.1) is 0 Å². The number of aromatic nitrogens is 3. The van der Waals surface area contributed by atoms with E-state index in [-0.39, 0.29) is 23.8 Å². The molecule has 0 aliphatic carbocycles. The van der Waals surface area contributed by atoms with Crippen LogP contribution in [-0.2, 0) is 11.2 Å². The molecule has 1 aromatic carbocycles. The zero-order valence-electron chi connectivity index (χ0n) is 15.8. The van der Waals surface area contributed by atoms with Crippen LogP contribution in [0.1, 0.15) is 53.2 Å². The number of carbonyl (C=O) groups is 2. The molecule has 7 heteroatoms. The van der Waals surface area contributed by atoms with Crippen LogP contribution in [0.15, 0.2) is 30.3 Å². The number of carbonyl (C=O) groups excluding carboxylic acids is 2. The lowest BCUT2D eigenvalue weighted by atomic mass is 9.95.